The molecule has 0 saturated heterocycles. The Labute approximate surface area is 122 Å². The Hall–Kier alpha value is -2.63. The first-order valence-electron chi connectivity index (χ1n) is 6.51. The molecule has 21 heavy (non-hydrogen) atoms. The fraction of sp³-hybridized carbons (Fsp3) is 0.267. The molecule has 6 nitrogen and oxygen atoms in total. The topological polar surface area (TPSA) is 83.6 Å². The van der Waals surface area contributed by atoms with Crippen LogP contribution in [0, 0.1) is 0 Å². The van der Waals surface area contributed by atoms with Crippen LogP contribution in [0.25, 0.3) is 0 Å². The van der Waals surface area contributed by atoms with Gasteiger partial charge in [0.2, 0.25) is 0 Å². The Kier molecular flexibility index (Phi) is 4.37. The number of furan rings is 1. The predicted octanol–water partition coefficient (Wildman–Crippen LogP) is 2.42. The minimum absolute atomic E-state index is 0.0518. The Morgan fingerprint density at radius 2 is 2.14 bits per heavy atom. The van der Waals surface area contributed by atoms with Crippen molar-refractivity contribution in [2.75, 3.05) is 0 Å². The number of hydrogen-bond acceptors (Lipinski definition) is 4. The molecule has 1 amide bonds. The van der Waals surface area contributed by atoms with Gasteiger partial charge in [0.15, 0.2) is 0 Å². The minimum Gasteiger partial charge on any atom is -0.477 e. The summed E-state index contributed by atoms with van der Waals surface area (Å²) in [6.45, 7) is 4.11. The monoisotopic (exact) mass is 288 g/mol. The van der Waals surface area contributed by atoms with E-state index < -0.39 is 5.97 Å². The van der Waals surface area contributed by atoms with Gasteiger partial charge in [0.1, 0.15) is 11.5 Å². The van der Waals surface area contributed by atoms with Crippen molar-refractivity contribution >= 4 is 11.9 Å². The molecule has 0 aliphatic carbocycles. The smallest absolute Gasteiger partial charge is 0.354 e. The lowest BCUT2D eigenvalue weighted by Crippen LogP contribution is -2.36. The second kappa shape index (κ2) is 6.21. The van der Waals surface area contributed by atoms with Crippen molar-refractivity contribution in [1.29, 1.82) is 0 Å². The van der Waals surface area contributed by atoms with E-state index in [0.29, 0.717) is 17.9 Å². The first-order valence-corrected chi connectivity index (χ1v) is 6.51. The number of aromatic nitrogens is 1. The number of nitrogens with zero attached hydrogens (tertiary/aromatic N) is 2. The molecular weight excluding hydrogens is 272 g/mol. The summed E-state index contributed by atoms with van der Waals surface area (Å²) in [5.41, 5.74) is 0.144. The third-order valence-corrected chi connectivity index (χ3v) is 3.02. The van der Waals surface area contributed by atoms with E-state index in [2.05, 4.69) is 4.98 Å². The Bertz CT molecular complexity index is 635. The maximum Gasteiger partial charge on any atom is 0.354 e. The highest BCUT2D eigenvalue weighted by molar-refractivity contribution is 5.96. The van der Waals surface area contributed by atoms with E-state index in [1.54, 1.807) is 23.3 Å². The average Bonchev–Trinajstić information content (AvgIpc) is 2.97. The number of carboxylic acid groups (broad SMARTS) is 1. The quantitative estimate of drug-likeness (QED) is 0.913. The first-order chi connectivity index (χ1) is 9.99. The highest BCUT2D eigenvalue weighted by Gasteiger charge is 2.21. The molecule has 0 bridgehead atoms. The van der Waals surface area contributed by atoms with Crippen LogP contribution in [0.4, 0.5) is 0 Å². The fourth-order valence-electron chi connectivity index (χ4n) is 1.91. The largest absolute Gasteiger partial charge is 0.477 e. The highest BCUT2D eigenvalue weighted by Crippen LogP contribution is 2.14. The average molecular weight is 288 g/mol. The molecule has 2 heterocycles. The lowest BCUT2D eigenvalue weighted by atomic mass is 10.1. The summed E-state index contributed by atoms with van der Waals surface area (Å²) in [5, 5.41) is 8.94. The molecule has 2 aromatic rings. The van der Waals surface area contributed by atoms with Gasteiger partial charge in [0, 0.05) is 17.8 Å². The molecule has 0 unspecified atom stereocenters. The molecule has 0 aliphatic heterocycles. The van der Waals surface area contributed by atoms with Gasteiger partial charge in [-0.15, -0.1) is 0 Å². The number of carbonyl (C=O) groups excluding carboxylic acids is 1. The van der Waals surface area contributed by atoms with E-state index in [1.807, 2.05) is 13.8 Å². The molecule has 0 radical (unpaired) electrons. The summed E-state index contributed by atoms with van der Waals surface area (Å²) in [5.74, 6) is -0.748. The third-order valence-electron chi connectivity index (χ3n) is 3.02. The summed E-state index contributed by atoms with van der Waals surface area (Å²) < 4.78 is 5.26. The van der Waals surface area contributed by atoms with Crippen LogP contribution >= 0.6 is 0 Å². The van der Waals surface area contributed by atoms with Crippen LogP contribution in [0.1, 0.15) is 40.5 Å². The summed E-state index contributed by atoms with van der Waals surface area (Å²) >= 11 is 0. The van der Waals surface area contributed by atoms with Crippen molar-refractivity contribution in [3.63, 3.8) is 0 Å². The normalized spacial score (nSPS) is 10.6. The molecule has 0 atom stereocenters. The Balaban J connectivity index is 2.26. The molecule has 6 heteroatoms. The van der Waals surface area contributed by atoms with Crippen LogP contribution in [-0.4, -0.2) is 32.9 Å². The lowest BCUT2D eigenvalue weighted by molar-refractivity contribution is 0.0675. The molecule has 110 valence electrons. The number of hydrogen-bond donors (Lipinski definition) is 1. The van der Waals surface area contributed by atoms with Crippen LogP contribution in [0.5, 0.6) is 0 Å². The van der Waals surface area contributed by atoms with E-state index in [9.17, 15) is 9.59 Å². The van der Waals surface area contributed by atoms with Crippen LogP contribution in [0.15, 0.2) is 41.1 Å². The Morgan fingerprint density at radius 1 is 1.38 bits per heavy atom. The maximum atomic E-state index is 12.6. The molecule has 0 aromatic carbocycles. The SMILES string of the molecule is CC(C)N(Cc1ccco1)C(=O)c1ccnc(C(=O)O)c1. The van der Waals surface area contributed by atoms with Gasteiger partial charge in [-0.2, -0.15) is 0 Å². The zero-order valence-corrected chi connectivity index (χ0v) is 11.8. The zero-order chi connectivity index (χ0) is 15.4. The highest BCUT2D eigenvalue weighted by atomic mass is 16.4. The van der Waals surface area contributed by atoms with Gasteiger partial charge in [0.25, 0.3) is 5.91 Å². The second-order valence-electron chi connectivity index (χ2n) is 4.84. The van der Waals surface area contributed by atoms with Gasteiger partial charge in [-0.05, 0) is 38.1 Å². The molecule has 0 saturated carbocycles. The van der Waals surface area contributed by atoms with E-state index >= 15 is 0 Å². The van der Waals surface area contributed by atoms with Crippen LogP contribution < -0.4 is 0 Å². The van der Waals surface area contributed by atoms with Crippen LogP contribution in [0.2, 0.25) is 0 Å². The van der Waals surface area contributed by atoms with Gasteiger partial charge < -0.3 is 14.4 Å². The van der Waals surface area contributed by atoms with Gasteiger partial charge >= 0.3 is 5.97 Å². The van der Waals surface area contributed by atoms with E-state index in [-0.39, 0.29) is 17.6 Å². The second-order valence-corrected chi connectivity index (χ2v) is 4.84. The van der Waals surface area contributed by atoms with Crippen molar-refractivity contribution in [1.82, 2.24) is 9.88 Å². The van der Waals surface area contributed by atoms with Gasteiger partial charge in [0.05, 0.1) is 12.8 Å². The lowest BCUT2D eigenvalue weighted by Gasteiger charge is -2.26. The van der Waals surface area contributed by atoms with E-state index in [0.717, 1.165) is 0 Å². The first kappa shape index (κ1) is 14.8. The molecule has 2 rings (SSSR count). The summed E-state index contributed by atoms with van der Waals surface area (Å²) in [7, 11) is 0. The maximum absolute atomic E-state index is 12.6. The molecule has 0 spiro atoms. The van der Waals surface area contributed by atoms with Crippen LogP contribution in [0.3, 0.4) is 0 Å². The Morgan fingerprint density at radius 3 is 2.71 bits per heavy atom. The van der Waals surface area contributed by atoms with Crippen molar-refractivity contribution in [3.8, 4) is 0 Å². The van der Waals surface area contributed by atoms with Gasteiger partial charge in [-0.1, -0.05) is 0 Å². The molecule has 0 aliphatic rings. The number of rotatable bonds is 5. The molecule has 1 N–H and O–H groups in total. The van der Waals surface area contributed by atoms with E-state index in [1.165, 1.54) is 18.3 Å². The van der Waals surface area contributed by atoms with Crippen molar-refractivity contribution < 1.29 is 19.1 Å². The summed E-state index contributed by atoms with van der Waals surface area (Å²) in [6.07, 6.45) is 2.87. The van der Waals surface area contributed by atoms with Crippen LogP contribution in [-0.2, 0) is 6.54 Å². The van der Waals surface area contributed by atoms with E-state index in [4.69, 9.17) is 9.52 Å². The molecule has 0 fully saturated rings. The van der Waals surface area contributed by atoms with Gasteiger partial charge in [-0.3, -0.25) is 4.79 Å². The number of carbonyl (C=O) groups is 2. The third kappa shape index (κ3) is 3.47. The number of aromatic carboxylic acids is 1. The predicted molar refractivity (Wildman–Crippen MR) is 74.9 cm³/mol. The van der Waals surface area contributed by atoms with Gasteiger partial charge in [-0.25, -0.2) is 9.78 Å². The summed E-state index contributed by atoms with van der Waals surface area (Å²) in [4.78, 5) is 28.8. The van der Waals surface area contributed by atoms with Crippen molar-refractivity contribution in [2.45, 2.75) is 26.4 Å². The number of pyridine rings is 1. The molecule has 2 aromatic heterocycles. The number of carboxylic acids is 1. The molecular formula is C15H16N2O4. The fourth-order valence-corrected chi connectivity index (χ4v) is 1.91. The standard InChI is InChI=1S/C15H16N2O4/c1-10(2)17(9-12-4-3-7-21-12)14(18)11-5-6-16-13(8-11)15(19)20/h3-8,10H,9H2,1-2H3,(H,19,20). The minimum atomic E-state index is -1.16. The summed E-state index contributed by atoms with van der Waals surface area (Å²) in [6, 6.07) is 6.28. The number of amides is 1. The van der Waals surface area contributed by atoms with Crippen molar-refractivity contribution in [3.05, 3.63) is 53.7 Å². The zero-order valence-electron chi connectivity index (χ0n) is 11.8. The van der Waals surface area contributed by atoms with Crippen molar-refractivity contribution in [2.24, 2.45) is 0 Å².